The minimum Gasteiger partial charge on any atom is -0.496 e. The molecule has 2 nitrogen and oxygen atoms in total. The zero-order valence-corrected chi connectivity index (χ0v) is 14.1. The molecule has 0 atom stereocenters. The van der Waals surface area contributed by atoms with E-state index in [-0.39, 0.29) is 0 Å². The highest BCUT2D eigenvalue weighted by atomic mass is 79.9. The number of benzene rings is 1. The van der Waals surface area contributed by atoms with Gasteiger partial charge in [0.25, 0.3) is 0 Å². The number of methoxy groups -OCH3 is 1. The number of rotatable bonds is 8. The molecular formula is C16H26BrNO. The standard InChI is InChI=1S/C16H26BrNO/c1-5-9-18-10-8-16(2,3)12-13-6-7-15(19-4)14(17)11-13/h6-7,11,18H,5,8-10,12H2,1-4H3. The Kier molecular flexibility index (Phi) is 6.87. The van der Waals surface area contributed by atoms with Gasteiger partial charge < -0.3 is 10.1 Å². The molecule has 0 aliphatic heterocycles. The summed E-state index contributed by atoms with van der Waals surface area (Å²) in [5.74, 6) is 0.895. The number of nitrogens with one attached hydrogen (secondary N) is 1. The maximum atomic E-state index is 5.26. The van der Waals surface area contributed by atoms with Crippen molar-refractivity contribution in [2.75, 3.05) is 20.2 Å². The van der Waals surface area contributed by atoms with Crippen molar-refractivity contribution in [1.29, 1.82) is 0 Å². The van der Waals surface area contributed by atoms with Crippen LogP contribution in [-0.4, -0.2) is 20.2 Å². The van der Waals surface area contributed by atoms with E-state index in [9.17, 15) is 0 Å². The fourth-order valence-corrected chi connectivity index (χ4v) is 2.78. The molecule has 3 heteroatoms. The van der Waals surface area contributed by atoms with Crippen LogP contribution in [-0.2, 0) is 6.42 Å². The summed E-state index contributed by atoms with van der Waals surface area (Å²) in [7, 11) is 1.70. The van der Waals surface area contributed by atoms with Crippen LogP contribution in [0.15, 0.2) is 22.7 Å². The van der Waals surface area contributed by atoms with E-state index < -0.39 is 0 Å². The van der Waals surface area contributed by atoms with Gasteiger partial charge in [-0.2, -0.15) is 0 Å². The molecular weight excluding hydrogens is 302 g/mol. The van der Waals surface area contributed by atoms with Gasteiger partial charge in [0.2, 0.25) is 0 Å². The van der Waals surface area contributed by atoms with Gasteiger partial charge in [-0.15, -0.1) is 0 Å². The minimum atomic E-state index is 0.314. The molecule has 19 heavy (non-hydrogen) atoms. The Bertz CT molecular complexity index is 390. The normalized spacial score (nSPS) is 11.6. The highest BCUT2D eigenvalue weighted by Crippen LogP contribution is 2.30. The maximum absolute atomic E-state index is 5.26. The van der Waals surface area contributed by atoms with Gasteiger partial charge in [0, 0.05) is 0 Å². The van der Waals surface area contributed by atoms with Crippen molar-refractivity contribution < 1.29 is 4.74 Å². The molecule has 0 unspecified atom stereocenters. The van der Waals surface area contributed by atoms with Crippen LogP contribution in [0, 0.1) is 5.41 Å². The van der Waals surface area contributed by atoms with E-state index in [4.69, 9.17) is 4.74 Å². The molecule has 0 aliphatic carbocycles. The van der Waals surface area contributed by atoms with Crippen LogP contribution in [0.5, 0.6) is 5.75 Å². The fourth-order valence-electron chi connectivity index (χ4n) is 2.19. The number of ether oxygens (including phenoxy) is 1. The lowest BCUT2D eigenvalue weighted by molar-refractivity contribution is 0.325. The Morgan fingerprint density at radius 1 is 1.26 bits per heavy atom. The van der Waals surface area contributed by atoms with Crippen molar-refractivity contribution in [3.63, 3.8) is 0 Å². The quantitative estimate of drug-likeness (QED) is 0.714. The summed E-state index contributed by atoms with van der Waals surface area (Å²) in [6.07, 6.45) is 3.48. The molecule has 1 N–H and O–H groups in total. The summed E-state index contributed by atoms with van der Waals surface area (Å²) < 4.78 is 6.30. The van der Waals surface area contributed by atoms with Crippen LogP contribution < -0.4 is 10.1 Å². The summed E-state index contributed by atoms with van der Waals surface area (Å²) in [6, 6.07) is 6.36. The summed E-state index contributed by atoms with van der Waals surface area (Å²) in [5, 5.41) is 3.48. The van der Waals surface area contributed by atoms with Crippen LogP contribution in [0.1, 0.15) is 39.2 Å². The molecule has 0 saturated heterocycles. The van der Waals surface area contributed by atoms with Gasteiger partial charge in [-0.05, 0) is 71.4 Å². The zero-order chi connectivity index (χ0) is 14.3. The predicted octanol–water partition coefficient (Wildman–Crippen LogP) is 4.42. The zero-order valence-electron chi connectivity index (χ0n) is 12.6. The molecule has 0 heterocycles. The van der Waals surface area contributed by atoms with E-state index in [0.29, 0.717) is 5.41 Å². The monoisotopic (exact) mass is 327 g/mol. The third kappa shape index (κ3) is 5.96. The van der Waals surface area contributed by atoms with E-state index in [1.54, 1.807) is 7.11 Å². The van der Waals surface area contributed by atoms with Crippen molar-refractivity contribution in [2.45, 2.75) is 40.0 Å². The van der Waals surface area contributed by atoms with E-state index in [0.717, 1.165) is 29.7 Å². The minimum absolute atomic E-state index is 0.314. The Morgan fingerprint density at radius 3 is 2.58 bits per heavy atom. The first-order chi connectivity index (χ1) is 8.98. The van der Waals surface area contributed by atoms with Gasteiger partial charge in [0.1, 0.15) is 5.75 Å². The number of hydrogen-bond acceptors (Lipinski definition) is 2. The van der Waals surface area contributed by atoms with Crippen molar-refractivity contribution in [1.82, 2.24) is 5.32 Å². The average Bonchev–Trinajstić information content (AvgIpc) is 2.34. The molecule has 108 valence electrons. The predicted molar refractivity (Wildman–Crippen MR) is 86.0 cm³/mol. The number of hydrogen-bond donors (Lipinski definition) is 1. The van der Waals surface area contributed by atoms with Crippen LogP contribution in [0.25, 0.3) is 0 Å². The molecule has 0 spiro atoms. The average molecular weight is 328 g/mol. The lowest BCUT2D eigenvalue weighted by Gasteiger charge is -2.25. The molecule has 1 aromatic rings. The van der Waals surface area contributed by atoms with E-state index in [1.807, 2.05) is 6.07 Å². The smallest absolute Gasteiger partial charge is 0.133 e. The van der Waals surface area contributed by atoms with Crippen LogP contribution >= 0.6 is 15.9 Å². The Labute approximate surface area is 126 Å². The second-order valence-corrected chi connectivity index (χ2v) is 6.66. The van der Waals surface area contributed by atoms with E-state index in [2.05, 4.69) is 54.2 Å². The molecule has 1 rings (SSSR count). The molecule has 0 aliphatic rings. The number of halogens is 1. The molecule has 0 amide bonds. The van der Waals surface area contributed by atoms with Crippen molar-refractivity contribution in [3.05, 3.63) is 28.2 Å². The summed E-state index contributed by atoms with van der Waals surface area (Å²) in [6.45, 7) is 9.08. The maximum Gasteiger partial charge on any atom is 0.133 e. The van der Waals surface area contributed by atoms with Gasteiger partial charge >= 0.3 is 0 Å². The molecule has 0 bridgehead atoms. The van der Waals surface area contributed by atoms with Crippen molar-refractivity contribution in [3.8, 4) is 5.75 Å². The third-order valence-corrected chi connectivity index (χ3v) is 3.92. The molecule has 0 aromatic heterocycles. The molecule has 0 fully saturated rings. The second kappa shape index (κ2) is 7.91. The topological polar surface area (TPSA) is 21.3 Å². The van der Waals surface area contributed by atoms with Gasteiger partial charge in [0.05, 0.1) is 11.6 Å². The first-order valence-electron chi connectivity index (χ1n) is 7.01. The van der Waals surface area contributed by atoms with Crippen LogP contribution in [0.2, 0.25) is 0 Å². The highest BCUT2D eigenvalue weighted by Gasteiger charge is 2.18. The van der Waals surface area contributed by atoms with Crippen molar-refractivity contribution in [2.24, 2.45) is 5.41 Å². The Hall–Kier alpha value is -0.540. The summed E-state index contributed by atoms with van der Waals surface area (Å²) in [4.78, 5) is 0. The second-order valence-electron chi connectivity index (χ2n) is 5.81. The Balaban J connectivity index is 2.54. The summed E-state index contributed by atoms with van der Waals surface area (Å²) >= 11 is 3.55. The summed E-state index contributed by atoms with van der Waals surface area (Å²) in [5.41, 5.74) is 1.67. The molecule has 0 radical (unpaired) electrons. The lowest BCUT2D eigenvalue weighted by atomic mass is 9.82. The fraction of sp³-hybridized carbons (Fsp3) is 0.625. The van der Waals surface area contributed by atoms with Crippen molar-refractivity contribution >= 4 is 15.9 Å². The van der Waals surface area contributed by atoms with Crippen LogP contribution in [0.4, 0.5) is 0 Å². The van der Waals surface area contributed by atoms with E-state index >= 15 is 0 Å². The largest absolute Gasteiger partial charge is 0.496 e. The third-order valence-electron chi connectivity index (χ3n) is 3.30. The molecule has 1 aromatic carbocycles. The SMILES string of the molecule is CCCNCCC(C)(C)Cc1ccc(OC)c(Br)c1. The molecule has 0 saturated carbocycles. The van der Waals surface area contributed by atoms with Gasteiger partial charge in [-0.1, -0.05) is 26.8 Å². The van der Waals surface area contributed by atoms with Crippen LogP contribution in [0.3, 0.4) is 0 Å². The van der Waals surface area contributed by atoms with E-state index in [1.165, 1.54) is 18.4 Å². The van der Waals surface area contributed by atoms with Gasteiger partial charge in [-0.3, -0.25) is 0 Å². The highest BCUT2D eigenvalue weighted by molar-refractivity contribution is 9.10. The van der Waals surface area contributed by atoms with Gasteiger partial charge in [-0.25, -0.2) is 0 Å². The lowest BCUT2D eigenvalue weighted by Crippen LogP contribution is -2.24. The first kappa shape index (κ1) is 16.5. The first-order valence-corrected chi connectivity index (χ1v) is 7.81. The Morgan fingerprint density at radius 2 is 2.00 bits per heavy atom. The van der Waals surface area contributed by atoms with Gasteiger partial charge in [0.15, 0.2) is 0 Å².